The summed E-state index contributed by atoms with van der Waals surface area (Å²) < 4.78 is 6.73. The molecule has 2 aromatic rings. The fraction of sp³-hybridized carbons (Fsp3) is 0.381. The first-order chi connectivity index (χ1) is 12.9. The van der Waals surface area contributed by atoms with Gasteiger partial charge in [0.25, 0.3) is 5.91 Å². The van der Waals surface area contributed by atoms with Crippen LogP contribution in [-0.4, -0.2) is 40.8 Å². The first kappa shape index (κ1) is 18.9. The highest BCUT2D eigenvalue weighted by Gasteiger charge is 2.27. The van der Waals surface area contributed by atoms with Crippen molar-refractivity contribution in [3.63, 3.8) is 0 Å². The first-order valence-corrected chi connectivity index (χ1v) is 9.06. The van der Waals surface area contributed by atoms with Crippen molar-refractivity contribution < 1.29 is 19.1 Å². The summed E-state index contributed by atoms with van der Waals surface area (Å²) in [5.74, 6) is -0.988. The van der Waals surface area contributed by atoms with Gasteiger partial charge in [0.2, 0.25) is 0 Å². The summed E-state index contributed by atoms with van der Waals surface area (Å²) in [5, 5.41) is 0. The number of amides is 1. The summed E-state index contributed by atoms with van der Waals surface area (Å²) in [6, 6.07) is 9.64. The Morgan fingerprint density at radius 2 is 2.00 bits per heavy atom. The number of ketones is 1. The van der Waals surface area contributed by atoms with E-state index < -0.39 is 5.97 Å². The predicted molar refractivity (Wildman–Crippen MR) is 101 cm³/mol. The molecule has 27 heavy (non-hydrogen) atoms. The molecule has 3 rings (SSSR count). The molecule has 0 radical (unpaired) electrons. The molecule has 1 aromatic carbocycles. The standard InChI is InChI=1S/C21H24N2O4/c1-14(24)16-11-19(22(2)12-16)21(26)27-13-20(25)23(3)18-10-6-8-15-7-4-5-9-17(15)18/h4-5,7,9,11-12,18H,6,8,10,13H2,1-3H3/t18-/m1/s1. The number of aryl methyl sites for hydroxylation is 2. The Bertz CT molecular complexity index is 884. The van der Waals surface area contributed by atoms with E-state index >= 15 is 0 Å². The van der Waals surface area contributed by atoms with Crippen molar-refractivity contribution in [2.75, 3.05) is 13.7 Å². The van der Waals surface area contributed by atoms with Crippen LogP contribution in [0.5, 0.6) is 0 Å². The van der Waals surface area contributed by atoms with Gasteiger partial charge in [-0.25, -0.2) is 4.79 Å². The fourth-order valence-corrected chi connectivity index (χ4v) is 3.57. The molecule has 1 aliphatic rings. The molecule has 6 heteroatoms. The average molecular weight is 368 g/mol. The van der Waals surface area contributed by atoms with E-state index in [0.29, 0.717) is 5.56 Å². The molecule has 0 bridgehead atoms. The van der Waals surface area contributed by atoms with E-state index in [9.17, 15) is 14.4 Å². The molecular formula is C21H24N2O4. The maximum Gasteiger partial charge on any atom is 0.355 e. The zero-order valence-corrected chi connectivity index (χ0v) is 15.9. The lowest BCUT2D eigenvalue weighted by Crippen LogP contribution is -2.36. The lowest BCUT2D eigenvalue weighted by atomic mass is 9.87. The van der Waals surface area contributed by atoms with E-state index in [1.165, 1.54) is 28.7 Å². The number of esters is 1. The maximum atomic E-state index is 12.6. The number of ether oxygens (including phenoxy) is 1. The summed E-state index contributed by atoms with van der Waals surface area (Å²) in [7, 11) is 3.41. The predicted octanol–water partition coefficient (Wildman–Crippen LogP) is 2.92. The van der Waals surface area contributed by atoms with E-state index in [1.54, 1.807) is 25.2 Å². The number of benzene rings is 1. The number of carbonyl (C=O) groups is 3. The van der Waals surface area contributed by atoms with E-state index in [4.69, 9.17) is 4.74 Å². The van der Waals surface area contributed by atoms with E-state index in [0.717, 1.165) is 19.3 Å². The van der Waals surface area contributed by atoms with Crippen LogP contribution in [0.3, 0.4) is 0 Å². The quantitative estimate of drug-likeness (QED) is 0.601. The molecule has 1 heterocycles. The number of fused-ring (bicyclic) bond motifs is 1. The van der Waals surface area contributed by atoms with Crippen LogP contribution < -0.4 is 0 Å². The Labute approximate surface area is 158 Å². The van der Waals surface area contributed by atoms with Gasteiger partial charge in [0.15, 0.2) is 12.4 Å². The second kappa shape index (κ2) is 7.78. The number of rotatable bonds is 5. The zero-order chi connectivity index (χ0) is 19.6. The molecule has 6 nitrogen and oxygen atoms in total. The summed E-state index contributed by atoms with van der Waals surface area (Å²) in [6.07, 6.45) is 4.52. The van der Waals surface area contributed by atoms with Gasteiger partial charge in [-0.1, -0.05) is 24.3 Å². The number of nitrogens with zero attached hydrogens (tertiary/aromatic N) is 2. The van der Waals surface area contributed by atoms with Crippen LogP contribution in [0.15, 0.2) is 36.5 Å². The molecule has 1 aromatic heterocycles. The smallest absolute Gasteiger partial charge is 0.355 e. The van der Waals surface area contributed by atoms with Gasteiger partial charge in [-0.15, -0.1) is 0 Å². The number of hydrogen-bond acceptors (Lipinski definition) is 4. The molecule has 0 aliphatic heterocycles. The number of aromatic nitrogens is 1. The zero-order valence-electron chi connectivity index (χ0n) is 15.9. The van der Waals surface area contributed by atoms with Gasteiger partial charge in [-0.3, -0.25) is 9.59 Å². The minimum Gasteiger partial charge on any atom is -0.451 e. The van der Waals surface area contributed by atoms with Crippen LogP contribution in [-0.2, 0) is 23.0 Å². The van der Waals surface area contributed by atoms with Crippen molar-refractivity contribution in [3.05, 3.63) is 58.9 Å². The Morgan fingerprint density at radius 1 is 1.26 bits per heavy atom. The highest BCUT2D eigenvalue weighted by atomic mass is 16.5. The van der Waals surface area contributed by atoms with Gasteiger partial charge in [-0.2, -0.15) is 0 Å². The third-order valence-electron chi connectivity index (χ3n) is 5.15. The lowest BCUT2D eigenvalue weighted by Gasteiger charge is -2.33. The minimum absolute atomic E-state index is 0.000467. The summed E-state index contributed by atoms with van der Waals surface area (Å²) in [5.41, 5.74) is 3.12. The summed E-state index contributed by atoms with van der Waals surface area (Å²) >= 11 is 0. The average Bonchev–Trinajstić information content (AvgIpc) is 3.07. The highest BCUT2D eigenvalue weighted by molar-refractivity contribution is 5.98. The van der Waals surface area contributed by atoms with Crippen LogP contribution in [0, 0.1) is 0 Å². The van der Waals surface area contributed by atoms with Crippen LogP contribution in [0.1, 0.15) is 57.8 Å². The molecule has 0 saturated carbocycles. The van der Waals surface area contributed by atoms with Gasteiger partial charge in [0.1, 0.15) is 5.69 Å². The van der Waals surface area contributed by atoms with Crippen molar-refractivity contribution in [3.8, 4) is 0 Å². The van der Waals surface area contributed by atoms with E-state index in [2.05, 4.69) is 12.1 Å². The van der Waals surface area contributed by atoms with E-state index in [1.807, 2.05) is 12.1 Å². The lowest BCUT2D eigenvalue weighted by molar-refractivity contribution is -0.135. The maximum absolute atomic E-state index is 12.6. The van der Waals surface area contributed by atoms with Crippen molar-refractivity contribution in [1.29, 1.82) is 0 Å². The SMILES string of the molecule is CC(=O)c1cc(C(=O)OCC(=O)N(C)[C@@H]2CCCc3ccccc32)n(C)c1. The van der Waals surface area contributed by atoms with Crippen molar-refractivity contribution in [2.45, 2.75) is 32.2 Å². The number of Topliss-reactive ketones (excluding diaryl/α,β-unsaturated/α-hetero) is 1. The molecular weight excluding hydrogens is 344 g/mol. The topological polar surface area (TPSA) is 68.6 Å². The second-order valence-electron chi connectivity index (χ2n) is 6.97. The molecule has 0 spiro atoms. The van der Waals surface area contributed by atoms with Gasteiger partial charge in [-0.05, 0) is 43.4 Å². The Balaban J connectivity index is 1.64. The molecule has 1 amide bonds. The van der Waals surface area contributed by atoms with Crippen LogP contribution in [0.2, 0.25) is 0 Å². The third-order valence-corrected chi connectivity index (χ3v) is 5.15. The molecule has 0 fully saturated rings. The monoisotopic (exact) mass is 368 g/mol. The van der Waals surface area contributed by atoms with Crippen molar-refractivity contribution in [1.82, 2.24) is 9.47 Å². The molecule has 0 saturated heterocycles. The van der Waals surface area contributed by atoms with Crippen LogP contribution >= 0.6 is 0 Å². The summed E-state index contributed by atoms with van der Waals surface area (Å²) in [6.45, 7) is 1.11. The highest BCUT2D eigenvalue weighted by Crippen LogP contribution is 2.33. The van der Waals surface area contributed by atoms with Gasteiger partial charge < -0.3 is 14.2 Å². The number of carbonyl (C=O) groups excluding carboxylic acids is 3. The number of likely N-dealkylation sites (N-methyl/N-ethyl adjacent to an activating group) is 1. The molecule has 142 valence electrons. The van der Waals surface area contributed by atoms with Gasteiger partial charge >= 0.3 is 5.97 Å². The van der Waals surface area contributed by atoms with Crippen LogP contribution in [0.4, 0.5) is 0 Å². The fourth-order valence-electron chi connectivity index (χ4n) is 3.57. The largest absolute Gasteiger partial charge is 0.451 e. The number of hydrogen-bond donors (Lipinski definition) is 0. The first-order valence-electron chi connectivity index (χ1n) is 9.06. The second-order valence-corrected chi connectivity index (χ2v) is 6.97. The molecule has 0 N–H and O–H groups in total. The van der Waals surface area contributed by atoms with Gasteiger partial charge in [0, 0.05) is 25.9 Å². The molecule has 1 aliphatic carbocycles. The van der Waals surface area contributed by atoms with Gasteiger partial charge in [0.05, 0.1) is 6.04 Å². The molecule has 0 unspecified atom stereocenters. The Kier molecular flexibility index (Phi) is 5.44. The minimum atomic E-state index is -0.615. The normalized spacial score (nSPS) is 15.7. The van der Waals surface area contributed by atoms with E-state index in [-0.39, 0.29) is 30.0 Å². The Hall–Kier alpha value is -2.89. The van der Waals surface area contributed by atoms with Crippen molar-refractivity contribution in [2.24, 2.45) is 7.05 Å². The molecule has 1 atom stereocenters. The van der Waals surface area contributed by atoms with Crippen LogP contribution in [0.25, 0.3) is 0 Å². The Morgan fingerprint density at radius 3 is 2.70 bits per heavy atom. The third kappa shape index (κ3) is 3.94. The summed E-state index contributed by atoms with van der Waals surface area (Å²) in [4.78, 5) is 38.0. The van der Waals surface area contributed by atoms with Crippen molar-refractivity contribution >= 4 is 17.7 Å².